The monoisotopic (exact) mass is 435 g/mol. The van der Waals surface area contributed by atoms with Crippen molar-refractivity contribution in [1.82, 2.24) is 4.57 Å². The standard InChI is InChI=1S/C19H18ClN3O5S/c1-3-28-15-5-4-6-16-17(15)22(9-10-27-2)19(29-16)21-18(24)13-11-12(23(25)26)7-8-14(13)20/h4-8,11H,3,9-10H2,1-2H3. The number of carbonyl (C=O) groups is 1. The first-order valence-corrected chi connectivity index (χ1v) is 9.92. The van der Waals surface area contributed by atoms with Crippen molar-refractivity contribution in [3.05, 3.63) is 61.9 Å². The van der Waals surface area contributed by atoms with Crippen LogP contribution in [0, 0.1) is 10.1 Å². The average Bonchev–Trinajstić information content (AvgIpc) is 3.04. The van der Waals surface area contributed by atoms with Gasteiger partial charge in [0.2, 0.25) is 0 Å². The smallest absolute Gasteiger partial charge is 0.281 e. The SMILES string of the molecule is CCOc1cccc2sc(=NC(=O)c3cc([N+](=O)[O-])ccc3Cl)n(CCOC)c12. The Kier molecular flexibility index (Phi) is 6.63. The van der Waals surface area contributed by atoms with Crippen LogP contribution in [0.1, 0.15) is 17.3 Å². The number of halogens is 1. The van der Waals surface area contributed by atoms with Crippen molar-refractivity contribution in [1.29, 1.82) is 0 Å². The lowest BCUT2D eigenvalue weighted by molar-refractivity contribution is -0.384. The summed E-state index contributed by atoms with van der Waals surface area (Å²) in [7, 11) is 1.59. The molecule has 0 radical (unpaired) electrons. The number of hydrogen-bond acceptors (Lipinski definition) is 6. The van der Waals surface area contributed by atoms with Crippen LogP contribution >= 0.6 is 22.9 Å². The predicted molar refractivity (Wildman–Crippen MR) is 111 cm³/mol. The topological polar surface area (TPSA) is 96.0 Å². The fourth-order valence-corrected chi connectivity index (χ4v) is 4.05. The molecule has 1 heterocycles. The quantitative estimate of drug-likeness (QED) is 0.412. The summed E-state index contributed by atoms with van der Waals surface area (Å²) in [5.41, 5.74) is 0.560. The predicted octanol–water partition coefficient (Wildman–Crippen LogP) is 4.05. The molecule has 0 aliphatic heterocycles. The molecule has 0 bridgehead atoms. The summed E-state index contributed by atoms with van der Waals surface area (Å²) in [6.45, 7) is 3.25. The first-order valence-electron chi connectivity index (χ1n) is 8.73. The van der Waals surface area contributed by atoms with Gasteiger partial charge in [-0.1, -0.05) is 29.0 Å². The van der Waals surface area contributed by atoms with E-state index in [2.05, 4.69) is 4.99 Å². The minimum Gasteiger partial charge on any atom is -0.492 e. The Morgan fingerprint density at radius 3 is 2.83 bits per heavy atom. The molecule has 0 spiro atoms. The summed E-state index contributed by atoms with van der Waals surface area (Å²) >= 11 is 7.40. The van der Waals surface area contributed by atoms with E-state index in [1.807, 2.05) is 29.7 Å². The van der Waals surface area contributed by atoms with Gasteiger partial charge in [0.05, 0.1) is 33.4 Å². The maximum Gasteiger partial charge on any atom is 0.281 e. The largest absolute Gasteiger partial charge is 0.492 e. The van der Waals surface area contributed by atoms with Gasteiger partial charge in [0.25, 0.3) is 11.6 Å². The molecule has 0 fully saturated rings. The van der Waals surface area contributed by atoms with Crippen LogP contribution in [-0.4, -0.2) is 35.7 Å². The van der Waals surface area contributed by atoms with E-state index in [0.29, 0.717) is 30.3 Å². The summed E-state index contributed by atoms with van der Waals surface area (Å²) in [4.78, 5) is 27.9. The third-order valence-electron chi connectivity index (χ3n) is 4.07. The lowest BCUT2D eigenvalue weighted by Crippen LogP contribution is -2.20. The van der Waals surface area contributed by atoms with Gasteiger partial charge >= 0.3 is 0 Å². The summed E-state index contributed by atoms with van der Waals surface area (Å²) in [6.07, 6.45) is 0. The van der Waals surface area contributed by atoms with Crippen molar-refractivity contribution in [2.45, 2.75) is 13.5 Å². The van der Waals surface area contributed by atoms with Crippen LogP contribution < -0.4 is 9.54 Å². The summed E-state index contributed by atoms with van der Waals surface area (Å²) < 4.78 is 13.7. The van der Waals surface area contributed by atoms with E-state index in [0.717, 1.165) is 16.3 Å². The van der Waals surface area contributed by atoms with Crippen molar-refractivity contribution in [2.24, 2.45) is 4.99 Å². The molecule has 3 aromatic rings. The molecule has 0 aliphatic rings. The molecule has 0 saturated carbocycles. The van der Waals surface area contributed by atoms with E-state index in [-0.39, 0.29) is 16.3 Å². The number of nitro groups is 1. The van der Waals surface area contributed by atoms with E-state index < -0.39 is 10.8 Å². The Morgan fingerprint density at radius 2 is 2.14 bits per heavy atom. The number of amides is 1. The van der Waals surface area contributed by atoms with Crippen LogP contribution in [0.5, 0.6) is 5.75 Å². The highest BCUT2D eigenvalue weighted by molar-refractivity contribution is 7.16. The fraction of sp³-hybridized carbons (Fsp3) is 0.263. The third kappa shape index (κ3) is 4.47. The molecular weight excluding hydrogens is 418 g/mol. The molecule has 0 atom stereocenters. The minimum absolute atomic E-state index is 0.0263. The number of nitrogens with zero attached hydrogens (tertiary/aromatic N) is 3. The molecule has 0 aliphatic carbocycles. The fourth-order valence-electron chi connectivity index (χ4n) is 2.78. The molecule has 8 nitrogen and oxygen atoms in total. The highest BCUT2D eigenvalue weighted by Gasteiger charge is 2.17. The number of para-hydroxylation sites is 1. The Morgan fingerprint density at radius 1 is 1.34 bits per heavy atom. The second kappa shape index (κ2) is 9.17. The number of nitro benzene ring substituents is 1. The number of carbonyl (C=O) groups excluding carboxylic acids is 1. The van der Waals surface area contributed by atoms with E-state index in [9.17, 15) is 14.9 Å². The molecule has 0 unspecified atom stereocenters. The van der Waals surface area contributed by atoms with Crippen molar-refractivity contribution < 1.29 is 19.2 Å². The minimum atomic E-state index is -0.658. The Balaban J connectivity index is 2.17. The zero-order valence-electron chi connectivity index (χ0n) is 15.8. The molecular formula is C19H18ClN3O5S. The molecule has 0 saturated heterocycles. The normalized spacial score (nSPS) is 11.8. The van der Waals surface area contributed by atoms with Crippen LogP contribution in [0.15, 0.2) is 41.4 Å². The highest BCUT2D eigenvalue weighted by atomic mass is 35.5. The lowest BCUT2D eigenvalue weighted by atomic mass is 10.2. The molecule has 1 amide bonds. The number of methoxy groups -OCH3 is 1. The highest BCUT2D eigenvalue weighted by Crippen LogP contribution is 2.28. The second-order valence-electron chi connectivity index (χ2n) is 5.90. The zero-order valence-corrected chi connectivity index (χ0v) is 17.3. The van der Waals surface area contributed by atoms with Gasteiger partial charge in [0, 0.05) is 25.8 Å². The van der Waals surface area contributed by atoms with Gasteiger partial charge in [-0.05, 0) is 25.1 Å². The number of rotatable bonds is 7. The Bertz CT molecular complexity index is 1140. The average molecular weight is 436 g/mol. The van der Waals surface area contributed by atoms with Gasteiger partial charge < -0.3 is 14.0 Å². The maximum atomic E-state index is 12.8. The number of benzene rings is 2. The van der Waals surface area contributed by atoms with Crippen molar-refractivity contribution in [2.75, 3.05) is 20.3 Å². The maximum absolute atomic E-state index is 12.8. The van der Waals surface area contributed by atoms with Gasteiger partial charge in [-0.2, -0.15) is 4.99 Å². The number of fused-ring (bicyclic) bond motifs is 1. The van der Waals surface area contributed by atoms with Gasteiger partial charge in [-0.15, -0.1) is 0 Å². The van der Waals surface area contributed by atoms with Crippen molar-refractivity contribution in [3.8, 4) is 5.75 Å². The first-order chi connectivity index (χ1) is 14.0. The molecule has 152 valence electrons. The number of ether oxygens (including phenoxy) is 2. The Labute approximate surface area is 175 Å². The van der Waals surface area contributed by atoms with Crippen LogP contribution in [-0.2, 0) is 11.3 Å². The van der Waals surface area contributed by atoms with Gasteiger partial charge in [0.15, 0.2) is 4.80 Å². The number of hydrogen-bond donors (Lipinski definition) is 0. The van der Waals surface area contributed by atoms with Crippen LogP contribution in [0.4, 0.5) is 5.69 Å². The van der Waals surface area contributed by atoms with Crippen LogP contribution in [0.2, 0.25) is 5.02 Å². The molecule has 2 aromatic carbocycles. The van der Waals surface area contributed by atoms with Gasteiger partial charge in [-0.3, -0.25) is 14.9 Å². The second-order valence-corrected chi connectivity index (χ2v) is 7.32. The van der Waals surface area contributed by atoms with E-state index in [1.165, 1.54) is 23.5 Å². The van der Waals surface area contributed by atoms with Crippen LogP contribution in [0.25, 0.3) is 10.2 Å². The molecule has 1 aromatic heterocycles. The first kappa shape index (κ1) is 21.0. The van der Waals surface area contributed by atoms with E-state index in [1.54, 1.807) is 7.11 Å². The number of non-ortho nitro benzene ring substituents is 1. The summed E-state index contributed by atoms with van der Waals surface area (Å²) in [5.74, 6) is 0.0222. The number of thiazole rings is 1. The van der Waals surface area contributed by atoms with Crippen LogP contribution in [0.3, 0.4) is 0 Å². The van der Waals surface area contributed by atoms with Crippen molar-refractivity contribution in [3.63, 3.8) is 0 Å². The van der Waals surface area contributed by atoms with E-state index in [4.69, 9.17) is 21.1 Å². The van der Waals surface area contributed by atoms with E-state index >= 15 is 0 Å². The Hall–Kier alpha value is -2.75. The number of aromatic nitrogens is 1. The lowest BCUT2D eigenvalue weighted by Gasteiger charge is -2.09. The summed E-state index contributed by atoms with van der Waals surface area (Å²) in [5, 5.41) is 11.1. The molecule has 3 rings (SSSR count). The molecule has 29 heavy (non-hydrogen) atoms. The molecule has 0 N–H and O–H groups in total. The zero-order chi connectivity index (χ0) is 21.0. The molecule has 10 heteroatoms. The van der Waals surface area contributed by atoms with Gasteiger partial charge in [0.1, 0.15) is 11.3 Å². The van der Waals surface area contributed by atoms with Gasteiger partial charge in [-0.25, -0.2) is 0 Å². The third-order valence-corrected chi connectivity index (χ3v) is 5.44. The van der Waals surface area contributed by atoms with Crippen molar-refractivity contribution >= 4 is 44.7 Å². The summed E-state index contributed by atoms with van der Waals surface area (Å²) in [6, 6.07) is 9.33.